The first-order valence-electron chi connectivity index (χ1n) is 10.9. The fraction of sp³-hybridized carbons (Fsp3) is 0.364. The molecule has 6 rings (SSSR count). The molecular formula is C22H23FN8O. The van der Waals surface area contributed by atoms with Gasteiger partial charge in [-0.1, -0.05) is 0 Å². The van der Waals surface area contributed by atoms with Gasteiger partial charge in [0, 0.05) is 32.0 Å². The number of fused-ring (bicyclic) bond motifs is 1. The molecule has 2 aliphatic rings. The summed E-state index contributed by atoms with van der Waals surface area (Å²) in [5, 5.41) is 18.8. The molecule has 4 aromatic heterocycles. The minimum Gasteiger partial charge on any atom is -0.391 e. The van der Waals surface area contributed by atoms with E-state index in [1.54, 1.807) is 33.9 Å². The Balaban J connectivity index is 1.34. The maximum Gasteiger partial charge on any atom is 0.183 e. The number of hydrogen-bond donors (Lipinski definition) is 1. The molecule has 10 heteroatoms. The molecule has 0 bridgehead atoms. The van der Waals surface area contributed by atoms with Gasteiger partial charge in [0.25, 0.3) is 0 Å². The van der Waals surface area contributed by atoms with Crippen LogP contribution in [0.3, 0.4) is 0 Å². The Kier molecular flexibility index (Phi) is 4.53. The van der Waals surface area contributed by atoms with E-state index in [0.717, 1.165) is 49.5 Å². The van der Waals surface area contributed by atoms with Crippen LogP contribution >= 0.6 is 0 Å². The van der Waals surface area contributed by atoms with Crippen LogP contribution in [0.2, 0.25) is 0 Å². The van der Waals surface area contributed by atoms with E-state index in [1.807, 2.05) is 18.5 Å². The number of β-amino-alcohol motifs (C(OH)–C–C–N with tert-alkyl or cyclic N) is 1. The predicted octanol–water partition coefficient (Wildman–Crippen LogP) is 2.36. The van der Waals surface area contributed by atoms with Crippen molar-refractivity contribution in [1.29, 1.82) is 0 Å². The number of aromatic nitrogens is 6. The van der Waals surface area contributed by atoms with E-state index in [4.69, 9.17) is 4.98 Å². The molecule has 2 atom stereocenters. The van der Waals surface area contributed by atoms with Crippen LogP contribution in [-0.4, -0.2) is 60.2 Å². The Hall–Kier alpha value is -3.53. The third kappa shape index (κ3) is 3.18. The van der Waals surface area contributed by atoms with Crippen LogP contribution in [0.25, 0.3) is 11.3 Å². The lowest BCUT2D eigenvalue weighted by Crippen LogP contribution is -2.25. The largest absolute Gasteiger partial charge is 0.391 e. The van der Waals surface area contributed by atoms with E-state index in [2.05, 4.69) is 25.0 Å². The first-order valence-corrected chi connectivity index (χ1v) is 10.9. The number of hydrogen-bond acceptors (Lipinski definition) is 7. The topological polar surface area (TPSA) is 87.6 Å². The number of nitrogens with zero attached hydrogens (tertiary/aromatic N) is 8. The number of aliphatic hydroxyl groups excluding tert-OH is 1. The van der Waals surface area contributed by atoms with Gasteiger partial charge in [-0.25, -0.2) is 18.6 Å². The van der Waals surface area contributed by atoms with Gasteiger partial charge < -0.3 is 14.9 Å². The van der Waals surface area contributed by atoms with E-state index in [0.29, 0.717) is 17.9 Å². The molecule has 0 saturated carbocycles. The highest BCUT2D eigenvalue weighted by molar-refractivity contribution is 5.62. The van der Waals surface area contributed by atoms with Crippen molar-refractivity contribution in [3.05, 3.63) is 60.7 Å². The van der Waals surface area contributed by atoms with Crippen molar-refractivity contribution in [2.45, 2.75) is 31.4 Å². The maximum atomic E-state index is 14.4. The molecule has 0 spiro atoms. The highest BCUT2D eigenvalue weighted by atomic mass is 19.1. The molecule has 0 aliphatic carbocycles. The molecule has 4 aromatic rings. The fourth-order valence-electron chi connectivity index (χ4n) is 4.72. The zero-order valence-electron chi connectivity index (χ0n) is 17.4. The zero-order valence-corrected chi connectivity index (χ0v) is 17.4. The average Bonchev–Trinajstić information content (AvgIpc) is 3.59. The lowest BCUT2D eigenvalue weighted by Gasteiger charge is -2.25. The van der Waals surface area contributed by atoms with E-state index in [1.165, 1.54) is 6.07 Å². The summed E-state index contributed by atoms with van der Waals surface area (Å²) in [6.45, 7) is 2.21. The van der Waals surface area contributed by atoms with E-state index in [-0.39, 0.29) is 18.0 Å². The Morgan fingerprint density at radius 3 is 2.88 bits per heavy atom. The number of anilines is 2. The SMILES string of the molecule is OC1CCN(c2cnn(-c3cnn4ccc(N5CCCC5c5ncccc5F)nc34)c2)C1. The van der Waals surface area contributed by atoms with Crippen LogP contribution in [0.1, 0.15) is 31.0 Å². The predicted molar refractivity (Wildman–Crippen MR) is 116 cm³/mol. The normalized spacial score (nSPS) is 21.2. The summed E-state index contributed by atoms with van der Waals surface area (Å²) in [6, 6.07) is 4.83. The molecule has 164 valence electrons. The Morgan fingerprint density at radius 2 is 2.03 bits per heavy atom. The van der Waals surface area contributed by atoms with E-state index < -0.39 is 0 Å². The van der Waals surface area contributed by atoms with Crippen LogP contribution in [0.5, 0.6) is 0 Å². The first kappa shape index (κ1) is 19.2. The second-order valence-corrected chi connectivity index (χ2v) is 8.34. The molecule has 2 unspecified atom stereocenters. The van der Waals surface area contributed by atoms with Gasteiger partial charge in [0.15, 0.2) is 5.65 Å². The molecule has 0 aromatic carbocycles. The smallest absolute Gasteiger partial charge is 0.183 e. The number of rotatable bonds is 4. The molecule has 6 heterocycles. The second kappa shape index (κ2) is 7.56. The Bertz CT molecular complexity index is 1270. The molecule has 2 aliphatic heterocycles. The summed E-state index contributed by atoms with van der Waals surface area (Å²) >= 11 is 0. The molecule has 9 nitrogen and oxygen atoms in total. The summed E-state index contributed by atoms with van der Waals surface area (Å²) in [7, 11) is 0. The minimum absolute atomic E-state index is 0.143. The second-order valence-electron chi connectivity index (χ2n) is 8.34. The fourth-order valence-corrected chi connectivity index (χ4v) is 4.72. The summed E-state index contributed by atoms with van der Waals surface area (Å²) in [4.78, 5) is 13.4. The highest BCUT2D eigenvalue weighted by Gasteiger charge is 2.30. The number of aliphatic hydroxyl groups is 1. The quantitative estimate of drug-likeness (QED) is 0.528. The van der Waals surface area contributed by atoms with Crippen LogP contribution in [0, 0.1) is 5.82 Å². The molecule has 32 heavy (non-hydrogen) atoms. The van der Waals surface area contributed by atoms with Gasteiger partial charge in [0.05, 0.1) is 42.1 Å². The van der Waals surface area contributed by atoms with Gasteiger partial charge in [-0.05, 0) is 37.5 Å². The summed E-state index contributed by atoms with van der Waals surface area (Å²) in [6.07, 6.45) is 11.2. The standard InChI is InChI=1S/C22H23FN8O/c23-17-3-1-7-24-21(17)18-4-2-8-29(18)20-6-10-30-22(27-20)19(12-26-30)31-13-15(11-25-31)28-9-5-16(32)14-28/h1,3,6-7,10-13,16,18,32H,2,4-5,8-9,14H2. The van der Waals surface area contributed by atoms with E-state index >= 15 is 0 Å². The summed E-state index contributed by atoms with van der Waals surface area (Å²) in [5.74, 6) is 0.480. The first-order chi connectivity index (χ1) is 15.7. The van der Waals surface area contributed by atoms with Crippen LogP contribution < -0.4 is 9.80 Å². The lowest BCUT2D eigenvalue weighted by atomic mass is 10.1. The van der Waals surface area contributed by atoms with Crippen molar-refractivity contribution < 1.29 is 9.50 Å². The molecular weight excluding hydrogens is 411 g/mol. The van der Waals surface area contributed by atoms with Crippen molar-refractivity contribution in [2.24, 2.45) is 0 Å². The third-order valence-electron chi connectivity index (χ3n) is 6.33. The third-order valence-corrected chi connectivity index (χ3v) is 6.33. The van der Waals surface area contributed by atoms with Gasteiger partial charge in [0.2, 0.25) is 0 Å². The van der Waals surface area contributed by atoms with Crippen molar-refractivity contribution >= 4 is 17.2 Å². The van der Waals surface area contributed by atoms with Crippen LogP contribution in [-0.2, 0) is 0 Å². The Labute approximate surface area is 183 Å². The van der Waals surface area contributed by atoms with Gasteiger partial charge >= 0.3 is 0 Å². The van der Waals surface area contributed by atoms with E-state index in [9.17, 15) is 9.50 Å². The lowest BCUT2D eigenvalue weighted by molar-refractivity contribution is 0.198. The number of halogens is 1. The monoisotopic (exact) mass is 434 g/mol. The minimum atomic E-state index is -0.295. The van der Waals surface area contributed by atoms with Gasteiger partial charge in [0.1, 0.15) is 17.3 Å². The molecule has 2 saturated heterocycles. The van der Waals surface area contributed by atoms with Crippen molar-refractivity contribution in [2.75, 3.05) is 29.4 Å². The summed E-state index contributed by atoms with van der Waals surface area (Å²) in [5.41, 5.74) is 2.86. The number of pyridine rings is 1. The Morgan fingerprint density at radius 1 is 1.09 bits per heavy atom. The van der Waals surface area contributed by atoms with Gasteiger partial charge in [-0.15, -0.1) is 0 Å². The molecule has 0 radical (unpaired) electrons. The van der Waals surface area contributed by atoms with Gasteiger partial charge in [-0.3, -0.25) is 4.98 Å². The van der Waals surface area contributed by atoms with Gasteiger partial charge in [-0.2, -0.15) is 10.2 Å². The maximum absolute atomic E-state index is 14.4. The summed E-state index contributed by atoms with van der Waals surface area (Å²) < 4.78 is 17.9. The van der Waals surface area contributed by atoms with Crippen LogP contribution in [0.4, 0.5) is 15.9 Å². The average molecular weight is 434 g/mol. The van der Waals surface area contributed by atoms with Crippen molar-refractivity contribution in [3.63, 3.8) is 0 Å². The van der Waals surface area contributed by atoms with Crippen molar-refractivity contribution in [3.8, 4) is 5.69 Å². The highest BCUT2D eigenvalue weighted by Crippen LogP contribution is 2.35. The zero-order chi connectivity index (χ0) is 21.7. The van der Waals surface area contributed by atoms with Crippen molar-refractivity contribution in [1.82, 2.24) is 29.4 Å². The molecule has 2 fully saturated rings. The van der Waals surface area contributed by atoms with Crippen LogP contribution in [0.15, 0.2) is 49.2 Å². The molecule has 0 amide bonds. The molecule has 1 N–H and O–H groups in total.